The van der Waals surface area contributed by atoms with Crippen molar-refractivity contribution in [3.8, 4) is 28.6 Å². The first-order valence-corrected chi connectivity index (χ1v) is 9.84. The number of ether oxygens (including phenoxy) is 3. The average molecular weight is 420 g/mol. The van der Waals surface area contributed by atoms with Gasteiger partial charge in [0.1, 0.15) is 17.2 Å². The van der Waals surface area contributed by atoms with Crippen LogP contribution in [-0.4, -0.2) is 42.0 Å². The van der Waals surface area contributed by atoms with Gasteiger partial charge < -0.3 is 24.1 Å². The molecule has 2 heterocycles. The van der Waals surface area contributed by atoms with Gasteiger partial charge >= 0.3 is 0 Å². The molecular formula is C23H24N4O4. The molecule has 0 saturated carbocycles. The number of rotatable bonds is 7. The van der Waals surface area contributed by atoms with Crippen LogP contribution in [0.2, 0.25) is 0 Å². The summed E-state index contributed by atoms with van der Waals surface area (Å²) < 4.78 is 18.0. The number of anilines is 1. The first-order chi connectivity index (χ1) is 15.1. The van der Waals surface area contributed by atoms with Gasteiger partial charge in [-0.25, -0.2) is 0 Å². The summed E-state index contributed by atoms with van der Waals surface area (Å²) in [5.74, 6) is 1.94. The van der Waals surface area contributed by atoms with Gasteiger partial charge in [0.25, 0.3) is 5.91 Å². The van der Waals surface area contributed by atoms with Crippen molar-refractivity contribution in [1.29, 1.82) is 0 Å². The van der Waals surface area contributed by atoms with E-state index in [4.69, 9.17) is 14.2 Å². The second-order valence-electron chi connectivity index (χ2n) is 6.89. The van der Waals surface area contributed by atoms with Crippen LogP contribution in [0.1, 0.15) is 17.3 Å². The largest absolute Gasteiger partial charge is 0.497 e. The number of H-pyrrole nitrogens is 1. The maximum absolute atomic E-state index is 12.8. The molecule has 4 rings (SSSR count). The van der Waals surface area contributed by atoms with E-state index in [-0.39, 0.29) is 5.91 Å². The lowest BCUT2D eigenvalue weighted by molar-refractivity contribution is 0.102. The van der Waals surface area contributed by atoms with Gasteiger partial charge in [-0.3, -0.25) is 9.89 Å². The monoisotopic (exact) mass is 420 g/mol. The number of nitrogens with one attached hydrogen (secondary N) is 2. The molecule has 0 fully saturated rings. The summed E-state index contributed by atoms with van der Waals surface area (Å²) in [5.41, 5.74) is 3.23. The summed E-state index contributed by atoms with van der Waals surface area (Å²) in [6.07, 6.45) is 0. The fourth-order valence-electron chi connectivity index (χ4n) is 3.61. The maximum atomic E-state index is 12.8. The number of fused-ring (bicyclic) bond motifs is 1. The number of carbonyl (C=O) groups excluding carboxylic acids is 1. The molecule has 8 heteroatoms. The van der Waals surface area contributed by atoms with Crippen LogP contribution in [-0.2, 0) is 6.54 Å². The lowest BCUT2D eigenvalue weighted by Gasteiger charge is -2.09. The van der Waals surface area contributed by atoms with Crippen molar-refractivity contribution in [3.63, 3.8) is 0 Å². The second kappa shape index (κ2) is 8.43. The number of amides is 1. The van der Waals surface area contributed by atoms with Gasteiger partial charge in [0.2, 0.25) is 0 Å². The first-order valence-electron chi connectivity index (χ1n) is 9.84. The molecule has 0 aliphatic rings. The van der Waals surface area contributed by atoms with E-state index in [0.717, 1.165) is 34.6 Å². The number of nitrogens with zero attached hydrogens (tertiary/aromatic N) is 2. The number of hydrogen-bond donors (Lipinski definition) is 2. The first kappa shape index (κ1) is 20.3. The SMILES string of the molecule is CCn1c(-c2cc(NC(=O)c3ccc(OC)cc3OC)n[nH]2)cc2ccc(OC)cc21. The number of carbonyl (C=O) groups is 1. The molecule has 160 valence electrons. The summed E-state index contributed by atoms with van der Waals surface area (Å²) in [7, 11) is 4.73. The van der Waals surface area contributed by atoms with E-state index in [1.54, 1.807) is 32.4 Å². The Morgan fingerprint density at radius 3 is 2.45 bits per heavy atom. The van der Waals surface area contributed by atoms with E-state index in [2.05, 4.69) is 33.1 Å². The fraction of sp³-hybridized carbons (Fsp3) is 0.217. The summed E-state index contributed by atoms with van der Waals surface area (Å²) in [6.45, 7) is 2.85. The molecule has 2 aromatic carbocycles. The lowest BCUT2D eigenvalue weighted by atomic mass is 10.1. The zero-order valence-corrected chi connectivity index (χ0v) is 17.9. The van der Waals surface area contributed by atoms with Crippen molar-refractivity contribution in [2.75, 3.05) is 26.6 Å². The average Bonchev–Trinajstić information content (AvgIpc) is 3.41. The molecule has 0 saturated heterocycles. The Kier molecular flexibility index (Phi) is 5.53. The van der Waals surface area contributed by atoms with Crippen LogP contribution in [0, 0.1) is 0 Å². The van der Waals surface area contributed by atoms with Gasteiger partial charge in [-0.15, -0.1) is 0 Å². The van der Waals surface area contributed by atoms with Crippen LogP contribution in [0.25, 0.3) is 22.3 Å². The molecule has 0 radical (unpaired) electrons. The van der Waals surface area contributed by atoms with Crippen molar-refractivity contribution in [1.82, 2.24) is 14.8 Å². The minimum atomic E-state index is -0.321. The number of aromatic amines is 1. The molecule has 0 atom stereocenters. The quantitative estimate of drug-likeness (QED) is 0.464. The van der Waals surface area contributed by atoms with Gasteiger partial charge in [-0.1, -0.05) is 0 Å². The summed E-state index contributed by atoms with van der Waals surface area (Å²) in [6, 6.07) is 14.9. The Hall–Kier alpha value is -3.94. The van der Waals surface area contributed by atoms with E-state index in [0.29, 0.717) is 22.9 Å². The van der Waals surface area contributed by atoms with E-state index < -0.39 is 0 Å². The Bertz CT molecular complexity index is 1240. The van der Waals surface area contributed by atoms with Crippen LogP contribution in [0.5, 0.6) is 17.2 Å². The Morgan fingerprint density at radius 1 is 1.00 bits per heavy atom. The third-order valence-corrected chi connectivity index (χ3v) is 5.18. The standard InChI is InChI=1S/C23H24N4O4/c1-5-27-19-11-15(29-2)7-6-14(19)10-20(27)18-13-22(26-25-18)24-23(28)17-9-8-16(30-3)12-21(17)31-4/h6-13H,5H2,1-4H3,(H2,24,25,26,28). The second-order valence-corrected chi connectivity index (χ2v) is 6.89. The van der Waals surface area contributed by atoms with Gasteiger partial charge in [-0.05, 0) is 37.3 Å². The van der Waals surface area contributed by atoms with Gasteiger partial charge in [0, 0.05) is 30.1 Å². The molecule has 0 aliphatic carbocycles. The molecule has 8 nitrogen and oxygen atoms in total. The maximum Gasteiger partial charge on any atom is 0.260 e. The highest BCUT2D eigenvalue weighted by Gasteiger charge is 2.17. The smallest absolute Gasteiger partial charge is 0.260 e. The zero-order valence-electron chi connectivity index (χ0n) is 17.9. The molecule has 1 amide bonds. The molecule has 0 bridgehead atoms. The highest BCUT2D eigenvalue weighted by atomic mass is 16.5. The molecule has 2 N–H and O–H groups in total. The third-order valence-electron chi connectivity index (χ3n) is 5.18. The van der Waals surface area contributed by atoms with Crippen LogP contribution in [0.4, 0.5) is 5.82 Å². The lowest BCUT2D eigenvalue weighted by Crippen LogP contribution is -2.13. The van der Waals surface area contributed by atoms with Crippen molar-refractivity contribution < 1.29 is 19.0 Å². The predicted octanol–water partition coefficient (Wildman–Crippen LogP) is 4.33. The van der Waals surface area contributed by atoms with Gasteiger partial charge in [0.05, 0.1) is 43.8 Å². The van der Waals surface area contributed by atoms with Crippen LogP contribution >= 0.6 is 0 Å². The van der Waals surface area contributed by atoms with Crippen molar-refractivity contribution in [2.45, 2.75) is 13.5 Å². The van der Waals surface area contributed by atoms with Crippen LogP contribution < -0.4 is 19.5 Å². The molecule has 4 aromatic rings. The summed E-state index contributed by atoms with van der Waals surface area (Å²) >= 11 is 0. The normalized spacial score (nSPS) is 10.8. The molecule has 2 aromatic heterocycles. The zero-order chi connectivity index (χ0) is 22.0. The Balaban J connectivity index is 1.62. The van der Waals surface area contributed by atoms with Crippen molar-refractivity contribution >= 4 is 22.6 Å². The number of benzene rings is 2. The minimum absolute atomic E-state index is 0.321. The van der Waals surface area contributed by atoms with E-state index in [1.807, 2.05) is 24.3 Å². The van der Waals surface area contributed by atoms with E-state index >= 15 is 0 Å². The predicted molar refractivity (Wildman–Crippen MR) is 119 cm³/mol. The Labute approximate surface area is 179 Å². The molecule has 31 heavy (non-hydrogen) atoms. The molecule has 0 spiro atoms. The van der Waals surface area contributed by atoms with Crippen molar-refractivity contribution in [3.05, 3.63) is 54.1 Å². The summed E-state index contributed by atoms with van der Waals surface area (Å²) in [5, 5.41) is 11.2. The molecule has 0 aliphatic heterocycles. The van der Waals surface area contributed by atoms with E-state index in [9.17, 15) is 4.79 Å². The number of hydrogen-bond acceptors (Lipinski definition) is 5. The van der Waals surface area contributed by atoms with Crippen LogP contribution in [0.15, 0.2) is 48.5 Å². The highest BCUT2D eigenvalue weighted by Crippen LogP contribution is 2.31. The van der Waals surface area contributed by atoms with E-state index in [1.165, 1.54) is 7.11 Å². The highest BCUT2D eigenvalue weighted by molar-refractivity contribution is 6.06. The topological polar surface area (TPSA) is 90.4 Å². The number of aromatic nitrogens is 3. The molecule has 0 unspecified atom stereocenters. The molecular weight excluding hydrogens is 396 g/mol. The van der Waals surface area contributed by atoms with Gasteiger partial charge in [-0.2, -0.15) is 5.10 Å². The fourth-order valence-corrected chi connectivity index (χ4v) is 3.61. The minimum Gasteiger partial charge on any atom is -0.497 e. The number of aryl methyl sites for hydroxylation is 1. The van der Waals surface area contributed by atoms with Crippen LogP contribution in [0.3, 0.4) is 0 Å². The summed E-state index contributed by atoms with van der Waals surface area (Å²) in [4.78, 5) is 12.8. The third kappa shape index (κ3) is 3.79. The Morgan fingerprint density at radius 2 is 1.74 bits per heavy atom. The number of methoxy groups -OCH3 is 3. The van der Waals surface area contributed by atoms with Crippen molar-refractivity contribution in [2.24, 2.45) is 0 Å². The van der Waals surface area contributed by atoms with Gasteiger partial charge in [0.15, 0.2) is 5.82 Å².